The van der Waals surface area contributed by atoms with Crippen LogP contribution < -0.4 is 0 Å². The molecule has 1 aromatic rings. The Labute approximate surface area is 95.8 Å². The molecular weight excluding hydrogens is 210 g/mol. The fourth-order valence-corrected chi connectivity index (χ4v) is 2.10. The summed E-state index contributed by atoms with van der Waals surface area (Å²) in [7, 11) is 0. The van der Waals surface area contributed by atoms with Crippen LogP contribution in [0, 0.1) is 5.92 Å². The van der Waals surface area contributed by atoms with Crippen LogP contribution in [0.15, 0.2) is 0 Å². The minimum atomic E-state index is 0.0257. The van der Waals surface area contributed by atoms with Crippen LogP contribution >= 0.6 is 11.6 Å². The normalized spacial score (nSPS) is 17.1. The molecule has 1 aliphatic rings. The lowest BCUT2D eigenvalue weighted by atomic mass is 10.1. The summed E-state index contributed by atoms with van der Waals surface area (Å²) in [6.07, 6.45) is 3.74. The molecule has 15 heavy (non-hydrogen) atoms. The summed E-state index contributed by atoms with van der Waals surface area (Å²) < 4.78 is 2.19. The number of rotatable bonds is 3. The van der Waals surface area contributed by atoms with Crippen LogP contribution in [0.2, 0.25) is 0 Å². The van der Waals surface area contributed by atoms with E-state index in [1.165, 1.54) is 12.8 Å². The predicted octanol–water partition coefficient (Wildman–Crippen LogP) is 2.72. The van der Waals surface area contributed by atoms with Crippen molar-refractivity contribution in [3.63, 3.8) is 0 Å². The molecule has 1 fully saturated rings. The standard InChI is InChI=1S/C11H18ClN3/c1-11(2,3)15-9(6-8-4-5-8)13-14-10(15)7-12/h8H,4-7H2,1-3H3. The monoisotopic (exact) mass is 227 g/mol. The van der Waals surface area contributed by atoms with E-state index in [0.717, 1.165) is 24.0 Å². The number of alkyl halides is 1. The summed E-state index contributed by atoms with van der Waals surface area (Å²) in [5.74, 6) is 3.26. The van der Waals surface area contributed by atoms with Crippen LogP contribution in [0.4, 0.5) is 0 Å². The van der Waals surface area contributed by atoms with Crippen molar-refractivity contribution in [2.45, 2.75) is 51.5 Å². The van der Waals surface area contributed by atoms with Gasteiger partial charge in [-0.2, -0.15) is 0 Å². The zero-order valence-corrected chi connectivity index (χ0v) is 10.4. The average molecular weight is 228 g/mol. The quantitative estimate of drug-likeness (QED) is 0.744. The highest BCUT2D eigenvalue weighted by Gasteiger charge is 2.28. The number of halogens is 1. The first-order valence-corrected chi connectivity index (χ1v) is 6.05. The van der Waals surface area contributed by atoms with Gasteiger partial charge in [-0.05, 0) is 39.5 Å². The van der Waals surface area contributed by atoms with E-state index in [9.17, 15) is 0 Å². The molecule has 4 heteroatoms. The summed E-state index contributed by atoms with van der Waals surface area (Å²) >= 11 is 5.88. The van der Waals surface area contributed by atoms with Crippen LogP contribution in [0.25, 0.3) is 0 Å². The van der Waals surface area contributed by atoms with Gasteiger partial charge in [0.2, 0.25) is 0 Å². The lowest BCUT2D eigenvalue weighted by molar-refractivity contribution is 0.370. The molecule has 0 bridgehead atoms. The molecule has 0 saturated heterocycles. The molecule has 1 aliphatic carbocycles. The fourth-order valence-electron chi connectivity index (χ4n) is 1.93. The van der Waals surface area contributed by atoms with Gasteiger partial charge >= 0.3 is 0 Å². The molecule has 0 atom stereocenters. The first-order valence-electron chi connectivity index (χ1n) is 5.52. The third-order valence-electron chi connectivity index (χ3n) is 2.76. The molecule has 0 N–H and O–H groups in total. The van der Waals surface area contributed by atoms with Crippen molar-refractivity contribution in [1.29, 1.82) is 0 Å². The van der Waals surface area contributed by atoms with Gasteiger partial charge in [-0.15, -0.1) is 21.8 Å². The van der Waals surface area contributed by atoms with E-state index >= 15 is 0 Å². The molecular formula is C11H18ClN3. The topological polar surface area (TPSA) is 30.7 Å². The van der Waals surface area contributed by atoms with Gasteiger partial charge in [0.15, 0.2) is 0 Å². The third-order valence-corrected chi connectivity index (χ3v) is 2.99. The van der Waals surface area contributed by atoms with E-state index in [4.69, 9.17) is 11.6 Å². The van der Waals surface area contributed by atoms with Gasteiger partial charge in [0.1, 0.15) is 11.6 Å². The minimum Gasteiger partial charge on any atom is -0.309 e. The van der Waals surface area contributed by atoms with E-state index in [1.54, 1.807) is 0 Å². The zero-order chi connectivity index (χ0) is 11.1. The van der Waals surface area contributed by atoms with Gasteiger partial charge in [-0.3, -0.25) is 0 Å². The number of aromatic nitrogens is 3. The molecule has 0 aromatic carbocycles. The van der Waals surface area contributed by atoms with E-state index < -0.39 is 0 Å². The van der Waals surface area contributed by atoms with E-state index in [0.29, 0.717) is 5.88 Å². The van der Waals surface area contributed by atoms with Crippen LogP contribution in [0.1, 0.15) is 45.3 Å². The second-order valence-electron chi connectivity index (χ2n) is 5.32. The number of hydrogen-bond donors (Lipinski definition) is 0. The third kappa shape index (κ3) is 2.33. The first kappa shape index (κ1) is 10.9. The van der Waals surface area contributed by atoms with Gasteiger partial charge in [0, 0.05) is 12.0 Å². The Morgan fingerprint density at radius 3 is 2.33 bits per heavy atom. The van der Waals surface area contributed by atoms with Crippen molar-refractivity contribution in [1.82, 2.24) is 14.8 Å². The lowest BCUT2D eigenvalue weighted by Gasteiger charge is -2.24. The molecule has 1 saturated carbocycles. The molecule has 84 valence electrons. The van der Waals surface area contributed by atoms with Crippen LogP contribution in [0.5, 0.6) is 0 Å². The molecule has 0 aliphatic heterocycles. The Morgan fingerprint density at radius 2 is 1.87 bits per heavy atom. The van der Waals surface area contributed by atoms with Crippen molar-refractivity contribution in [2.24, 2.45) is 5.92 Å². The second-order valence-corrected chi connectivity index (χ2v) is 5.59. The second kappa shape index (κ2) is 3.78. The summed E-state index contributed by atoms with van der Waals surface area (Å²) in [4.78, 5) is 0. The maximum absolute atomic E-state index is 5.88. The fraction of sp³-hybridized carbons (Fsp3) is 0.818. The Hall–Kier alpha value is -0.570. The van der Waals surface area contributed by atoms with Gasteiger partial charge < -0.3 is 4.57 Å². The van der Waals surface area contributed by atoms with Crippen LogP contribution in [0.3, 0.4) is 0 Å². The molecule has 0 radical (unpaired) electrons. The first-order chi connectivity index (χ1) is 7.02. The summed E-state index contributed by atoms with van der Waals surface area (Å²) in [5.41, 5.74) is 0.0257. The van der Waals surface area contributed by atoms with Crippen molar-refractivity contribution in [2.75, 3.05) is 0 Å². The van der Waals surface area contributed by atoms with Gasteiger partial charge in [-0.25, -0.2) is 0 Å². The minimum absolute atomic E-state index is 0.0257. The Balaban J connectivity index is 2.31. The molecule has 3 nitrogen and oxygen atoms in total. The molecule has 1 aromatic heterocycles. The van der Waals surface area contributed by atoms with Crippen molar-refractivity contribution < 1.29 is 0 Å². The van der Waals surface area contributed by atoms with Crippen LogP contribution in [-0.4, -0.2) is 14.8 Å². The summed E-state index contributed by atoms with van der Waals surface area (Å²) in [5, 5.41) is 8.43. The molecule has 1 heterocycles. The van der Waals surface area contributed by atoms with Gasteiger partial charge in [0.25, 0.3) is 0 Å². The Morgan fingerprint density at radius 1 is 1.27 bits per heavy atom. The van der Waals surface area contributed by atoms with Crippen molar-refractivity contribution >= 4 is 11.6 Å². The Bertz CT molecular complexity index is 347. The van der Waals surface area contributed by atoms with E-state index in [2.05, 4.69) is 35.5 Å². The zero-order valence-electron chi connectivity index (χ0n) is 9.63. The SMILES string of the molecule is CC(C)(C)n1c(CCl)nnc1CC1CC1. The van der Waals surface area contributed by atoms with Crippen LogP contribution in [-0.2, 0) is 17.8 Å². The molecule has 0 spiro atoms. The highest BCUT2D eigenvalue weighted by Crippen LogP contribution is 2.33. The van der Waals surface area contributed by atoms with Crippen molar-refractivity contribution in [3.8, 4) is 0 Å². The maximum atomic E-state index is 5.88. The van der Waals surface area contributed by atoms with Gasteiger partial charge in [0.05, 0.1) is 5.88 Å². The predicted molar refractivity (Wildman–Crippen MR) is 61.0 cm³/mol. The smallest absolute Gasteiger partial charge is 0.148 e. The summed E-state index contributed by atoms with van der Waals surface area (Å²) in [6.45, 7) is 6.51. The molecule has 0 amide bonds. The van der Waals surface area contributed by atoms with E-state index in [1.807, 2.05) is 0 Å². The average Bonchev–Trinajstić information content (AvgIpc) is 2.81. The highest BCUT2D eigenvalue weighted by molar-refractivity contribution is 6.16. The number of hydrogen-bond acceptors (Lipinski definition) is 2. The Kier molecular flexibility index (Phi) is 2.75. The summed E-state index contributed by atoms with van der Waals surface area (Å²) in [6, 6.07) is 0. The van der Waals surface area contributed by atoms with E-state index in [-0.39, 0.29) is 5.54 Å². The molecule has 0 unspecified atom stereocenters. The largest absolute Gasteiger partial charge is 0.309 e. The number of nitrogens with zero attached hydrogens (tertiary/aromatic N) is 3. The highest BCUT2D eigenvalue weighted by atomic mass is 35.5. The van der Waals surface area contributed by atoms with Gasteiger partial charge in [-0.1, -0.05) is 0 Å². The molecule has 2 rings (SSSR count). The maximum Gasteiger partial charge on any atom is 0.148 e. The lowest BCUT2D eigenvalue weighted by Crippen LogP contribution is -2.26. The van der Waals surface area contributed by atoms with Crippen molar-refractivity contribution in [3.05, 3.63) is 11.6 Å².